The van der Waals surface area contributed by atoms with Crippen LogP contribution in [-0.4, -0.2) is 10.7 Å². The largest absolute Gasteiger partial charge is 0.396 e. The number of hydrogen-bond acceptors (Lipinski definition) is 4. The van der Waals surface area contributed by atoms with E-state index in [0.29, 0.717) is 17.7 Å². The van der Waals surface area contributed by atoms with E-state index in [4.69, 9.17) is 5.73 Å². The van der Waals surface area contributed by atoms with Crippen LogP contribution in [0.25, 0.3) is 0 Å². The minimum atomic E-state index is 0.343. The van der Waals surface area contributed by atoms with Gasteiger partial charge in [0.05, 0.1) is 5.69 Å². The van der Waals surface area contributed by atoms with Crippen LogP contribution in [-0.2, 0) is 0 Å². The Labute approximate surface area is 50.3 Å². The number of nitrogens with two attached hydrogens (primary N) is 1. The van der Waals surface area contributed by atoms with Crippen LogP contribution in [0.2, 0.25) is 0 Å². The second kappa shape index (κ2) is 1.92. The minimum absolute atomic E-state index is 0.343. The fourth-order valence-electron chi connectivity index (χ4n) is 0.343. The topological polar surface area (TPSA) is 56.0 Å². The molecule has 2 N–H and O–H groups in total. The lowest BCUT2D eigenvalue weighted by atomic mass is 10.4. The normalized spacial score (nSPS) is 9.00. The molecule has 0 unspecified atom stereocenters. The molecule has 0 aliphatic carbocycles. The molecule has 1 heterocycles. The molecule has 0 aromatic carbocycles. The molecule has 3 nitrogen and oxygen atoms in total. The van der Waals surface area contributed by atoms with Gasteiger partial charge in [-0.3, -0.25) is 4.79 Å². The van der Waals surface area contributed by atoms with Gasteiger partial charge in [-0.15, -0.1) is 0 Å². The van der Waals surface area contributed by atoms with Crippen LogP contribution in [0.4, 0.5) is 5.69 Å². The highest BCUT2D eigenvalue weighted by molar-refractivity contribution is 7.04. The summed E-state index contributed by atoms with van der Waals surface area (Å²) in [5.41, 5.74) is 6.07. The monoisotopic (exact) mass is 128 g/mol. The van der Waals surface area contributed by atoms with Gasteiger partial charge in [-0.2, -0.15) is 4.37 Å². The van der Waals surface area contributed by atoms with Crippen LogP contribution in [0, 0.1) is 0 Å². The molecule has 0 saturated carbocycles. The van der Waals surface area contributed by atoms with E-state index in [1.807, 2.05) is 0 Å². The zero-order valence-corrected chi connectivity index (χ0v) is 4.81. The van der Waals surface area contributed by atoms with Gasteiger partial charge in [-0.05, 0) is 11.5 Å². The molecule has 1 aromatic rings. The third-order valence-corrected chi connectivity index (χ3v) is 1.40. The van der Waals surface area contributed by atoms with Gasteiger partial charge in [0.15, 0.2) is 6.29 Å². The Balaban J connectivity index is 3.09. The Bertz CT molecular complexity index is 196. The summed E-state index contributed by atoms with van der Waals surface area (Å²) in [6.45, 7) is 0. The summed E-state index contributed by atoms with van der Waals surface area (Å²) < 4.78 is 3.68. The van der Waals surface area contributed by atoms with E-state index in [2.05, 4.69) is 4.37 Å². The third kappa shape index (κ3) is 0.696. The number of aromatic nitrogens is 1. The summed E-state index contributed by atoms with van der Waals surface area (Å²) >= 11 is 1.18. The van der Waals surface area contributed by atoms with Crippen LogP contribution >= 0.6 is 11.5 Å². The van der Waals surface area contributed by atoms with Gasteiger partial charge in [-0.25, -0.2) is 0 Å². The average Bonchev–Trinajstić information content (AvgIpc) is 2.14. The van der Waals surface area contributed by atoms with Crippen molar-refractivity contribution >= 4 is 23.5 Å². The van der Waals surface area contributed by atoms with E-state index >= 15 is 0 Å². The number of hydrogen-bond donors (Lipinski definition) is 1. The molecule has 0 radical (unpaired) electrons. The summed E-state index contributed by atoms with van der Waals surface area (Å²) in [4.78, 5) is 9.95. The van der Waals surface area contributed by atoms with E-state index in [9.17, 15) is 4.79 Å². The van der Waals surface area contributed by atoms with Crippen molar-refractivity contribution in [3.05, 3.63) is 11.1 Å². The van der Waals surface area contributed by atoms with E-state index in [0.717, 1.165) is 0 Å². The predicted molar refractivity (Wildman–Crippen MR) is 31.9 cm³/mol. The van der Waals surface area contributed by atoms with Crippen LogP contribution in [0.3, 0.4) is 0 Å². The highest BCUT2D eigenvalue weighted by Crippen LogP contribution is 2.08. The quantitative estimate of drug-likeness (QED) is 0.561. The average molecular weight is 128 g/mol. The van der Waals surface area contributed by atoms with Crippen molar-refractivity contribution in [2.45, 2.75) is 0 Å². The predicted octanol–water partition coefficient (Wildman–Crippen LogP) is 0.538. The van der Waals surface area contributed by atoms with Crippen molar-refractivity contribution < 1.29 is 4.79 Å². The minimum Gasteiger partial charge on any atom is -0.396 e. The number of nitrogens with zero attached hydrogens (tertiary/aromatic N) is 1. The number of nitrogen functional groups attached to an aromatic ring is 1. The Morgan fingerprint density at radius 2 is 2.62 bits per heavy atom. The smallest absolute Gasteiger partial charge is 0.171 e. The molecule has 4 heteroatoms. The molecule has 0 amide bonds. The van der Waals surface area contributed by atoms with Crippen molar-refractivity contribution in [1.82, 2.24) is 4.37 Å². The van der Waals surface area contributed by atoms with E-state index in [-0.39, 0.29) is 0 Å². The summed E-state index contributed by atoms with van der Waals surface area (Å²) in [5, 5.41) is 1.63. The highest BCUT2D eigenvalue weighted by atomic mass is 32.1. The summed E-state index contributed by atoms with van der Waals surface area (Å²) in [6.07, 6.45) is 0.645. The molecule has 0 saturated heterocycles. The maximum Gasteiger partial charge on any atom is 0.171 e. The SMILES string of the molecule is Nc1csnc1C=O. The van der Waals surface area contributed by atoms with Crippen LogP contribution in [0.5, 0.6) is 0 Å². The Hall–Kier alpha value is -0.900. The van der Waals surface area contributed by atoms with Crippen molar-refractivity contribution in [3.8, 4) is 0 Å². The van der Waals surface area contributed by atoms with Gasteiger partial charge in [0.25, 0.3) is 0 Å². The van der Waals surface area contributed by atoms with E-state index < -0.39 is 0 Å². The third-order valence-electron chi connectivity index (χ3n) is 0.738. The highest BCUT2D eigenvalue weighted by Gasteiger charge is 1.96. The second-order valence-electron chi connectivity index (χ2n) is 1.27. The molecule has 42 valence electrons. The van der Waals surface area contributed by atoms with E-state index in [1.54, 1.807) is 5.38 Å². The lowest BCUT2D eigenvalue weighted by Crippen LogP contribution is -1.87. The lowest BCUT2D eigenvalue weighted by Gasteiger charge is -1.78. The number of anilines is 1. The Kier molecular flexibility index (Phi) is 1.26. The zero-order valence-electron chi connectivity index (χ0n) is 4.00. The van der Waals surface area contributed by atoms with Gasteiger partial charge >= 0.3 is 0 Å². The van der Waals surface area contributed by atoms with Crippen molar-refractivity contribution in [1.29, 1.82) is 0 Å². The van der Waals surface area contributed by atoms with Gasteiger partial charge in [-0.1, -0.05) is 0 Å². The summed E-state index contributed by atoms with van der Waals surface area (Å²) in [6, 6.07) is 0. The van der Waals surface area contributed by atoms with Crippen LogP contribution in [0.15, 0.2) is 5.38 Å². The second-order valence-corrected chi connectivity index (χ2v) is 1.90. The molecule has 0 bridgehead atoms. The van der Waals surface area contributed by atoms with E-state index in [1.165, 1.54) is 11.5 Å². The number of carbonyl (C=O) groups excluding carboxylic acids is 1. The summed E-state index contributed by atoms with van der Waals surface area (Å²) in [5.74, 6) is 0. The molecule has 0 aliphatic heterocycles. The lowest BCUT2D eigenvalue weighted by molar-refractivity contribution is 0.112. The first-order valence-electron chi connectivity index (χ1n) is 1.99. The van der Waals surface area contributed by atoms with Crippen molar-refractivity contribution in [2.75, 3.05) is 5.73 Å². The zero-order chi connectivity index (χ0) is 5.98. The van der Waals surface area contributed by atoms with Gasteiger partial charge in [0, 0.05) is 5.38 Å². The van der Waals surface area contributed by atoms with Crippen molar-refractivity contribution in [2.24, 2.45) is 0 Å². The Morgan fingerprint density at radius 3 is 2.88 bits per heavy atom. The van der Waals surface area contributed by atoms with Crippen molar-refractivity contribution in [3.63, 3.8) is 0 Å². The molecule has 0 aliphatic rings. The maximum atomic E-state index is 9.95. The number of aldehydes is 1. The standard InChI is InChI=1S/C4H4N2OS/c5-3-2-8-6-4(3)1-7/h1-2H,5H2. The van der Waals surface area contributed by atoms with Crippen LogP contribution in [0.1, 0.15) is 10.5 Å². The van der Waals surface area contributed by atoms with Gasteiger partial charge < -0.3 is 5.73 Å². The molecule has 0 spiro atoms. The van der Waals surface area contributed by atoms with Gasteiger partial charge in [0.2, 0.25) is 0 Å². The fraction of sp³-hybridized carbons (Fsp3) is 0. The first-order valence-corrected chi connectivity index (χ1v) is 2.83. The van der Waals surface area contributed by atoms with Gasteiger partial charge in [0.1, 0.15) is 5.69 Å². The maximum absolute atomic E-state index is 9.95. The Morgan fingerprint density at radius 1 is 1.88 bits per heavy atom. The molecule has 1 rings (SSSR count). The first kappa shape index (κ1) is 5.24. The first-order chi connectivity index (χ1) is 3.84. The summed E-state index contributed by atoms with van der Waals surface area (Å²) in [7, 11) is 0. The molecular formula is C4H4N2OS. The fourth-order valence-corrected chi connectivity index (χ4v) is 0.892. The number of rotatable bonds is 1. The number of carbonyl (C=O) groups is 1. The molecule has 0 atom stereocenters. The molecular weight excluding hydrogens is 124 g/mol. The molecule has 0 fully saturated rings. The molecule has 8 heavy (non-hydrogen) atoms. The molecule has 1 aromatic heterocycles. The van der Waals surface area contributed by atoms with Crippen LogP contribution < -0.4 is 5.73 Å².